The molecule has 0 saturated carbocycles. The fourth-order valence-electron chi connectivity index (χ4n) is 4.97. The number of likely N-dealkylation sites (tertiary alicyclic amines) is 1. The molecule has 0 radical (unpaired) electrons. The van der Waals surface area contributed by atoms with E-state index in [4.69, 9.17) is 4.74 Å². The number of carbonyl (C=O) groups is 1. The predicted molar refractivity (Wildman–Crippen MR) is 133 cm³/mol. The number of hydrogen-bond donors (Lipinski definition) is 0. The summed E-state index contributed by atoms with van der Waals surface area (Å²) in [7, 11) is 1.68. The number of carbonyl (C=O) groups excluding carboxylic acids is 1. The van der Waals surface area contributed by atoms with Crippen LogP contribution in [0, 0.1) is 18.7 Å². The van der Waals surface area contributed by atoms with E-state index in [0.29, 0.717) is 24.9 Å². The van der Waals surface area contributed by atoms with Gasteiger partial charge in [-0.05, 0) is 53.8 Å². The number of nitrogens with zero attached hydrogens (tertiary/aromatic N) is 2. The molecule has 1 amide bonds. The Morgan fingerprint density at radius 3 is 2.41 bits per heavy atom. The molecule has 2 atom stereocenters. The standard InChI is InChI=1S/C29H33FN2O2/c1-21-5-4-6-24(15-21)16-31-18-26(29(20-31)25-9-13-28(34-3)14-10-25)19-32(22(2)33)17-23-7-11-27(30)12-8-23/h4-15,26,29H,16-20H2,1-3H3/t26-,29+/m0/s1. The summed E-state index contributed by atoms with van der Waals surface area (Å²) in [5.74, 6) is 1.22. The Bertz CT molecular complexity index is 1100. The summed E-state index contributed by atoms with van der Waals surface area (Å²) in [6, 6.07) is 23.4. The molecule has 4 rings (SSSR count). The Balaban J connectivity index is 1.54. The first kappa shape index (κ1) is 24.0. The van der Waals surface area contributed by atoms with Crippen LogP contribution in [0.4, 0.5) is 4.39 Å². The van der Waals surface area contributed by atoms with Gasteiger partial charge in [0.15, 0.2) is 0 Å². The molecule has 0 aliphatic carbocycles. The predicted octanol–water partition coefficient (Wildman–Crippen LogP) is 5.41. The van der Waals surface area contributed by atoms with Crippen LogP contribution in [0.3, 0.4) is 0 Å². The van der Waals surface area contributed by atoms with Crippen molar-refractivity contribution in [3.63, 3.8) is 0 Å². The quantitative estimate of drug-likeness (QED) is 0.451. The lowest BCUT2D eigenvalue weighted by molar-refractivity contribution is -0.130. The highest BCUT2D eigenvalue weighted by Crippen LogP contribution is 2.35. The molecule has 0 aromatic heterocycles. The summed E-state index contributed by atoms with van der Waals surface area (Å²) in [4.78, 5) is 16.9. The van der Waals surface area contributed by atoms with Crippen LogP contribution < -0.4 is 4.74 Å². The lowest BCUT2D eigenvalue weighted by Crippen LogP contribution is -2.35. The average Bonchev–Trinajstić information content (AvgIpc) is 3.22. The maximum absolute atomic E-state index is 13.4. The van der Waals surface area contributed by atoms with Crippen LogP contribution in [0.15, 0.2) is 72.8 Å². The van der Waals surface area contributed by atoms with E-state index in [0.717, 1.165) is 30.9 Å². The molecule has 3 aromatic carbocycles. The summed E-state index contributed by atoms with van der Waals surface area (Å²) in [5, 5.41) is 0. The molecule has 0 bridgehead atoms. The van der Waals surface area contributed by atoms with E-state index in [-0.39, 0.29) is 11.7 Å². The Hall–Kier alpha value is -3.18. The number of rotatable bonds is 8. The molecule has 178 valence electrons. The van der Waals surface area contributed by atoms with Crippen molar-refractivity contribution in [1.82, 2.24) is 9.80 Å². The van der Waals surface area contributed by atoms with E-state index in [1.807, 2.05) is 17.0 Å². The lowest BCUT2D eigenvalue weighted by Gasteiger charge is -2.28. The average molecular weight is 461 g/mol. The van der Waals surface area contributed by atoms with Crippen LogP contribution in [-0.4, -0.2) is 42.5 Å². The van der Waals surface area contributed by atoms with Crippen LogP contribution in [0.5, 0.6) is 5.75 Å². The third-order valence-electron chi connectivity index (χ3n) is 6.74. The molecule has 0 spiro atoms. The summed E-state index contributed by atoms with van der Waals surface area (Å²) in [5.41, 5.74) is 4.78. The summed E-state index contributed by atoms with van der Waals surface area (Å²) in [6.45, 7) is 7.63. The molecule has 1 heterocycles. The van der Waals surface area contributed by atoms with Crippen molar-refractivity contribution in [2.75, 3.05) is 26.7 Å². The van der Waals surface area contributed by atoms with Crippen LogP contribution in [0.2, 0.25) is 0 Å². The second-order valence-electron chi connectivity index (χ2n) is 9.35. The van der Waals surface area contributed by atoms with Gasteiger partial charge >= 0.3 is 0 Å². The van der Waals surface area contributed by atoms with Gasteiger partial charge in [-0.3, -0.25) is 9.69 Å². The van der Waals surface area contributed by atoms with Crippen LogP contribution in [0.25, 0.3) is 0 Å². The third-order valence-corrected chi connectivity index (χ3v) is 6.74. The SMILES string of the molecule is COc1ccc([C@H]2CN(Cc3cccc(C)c3)C[C@H]2CN(Cc2ccc(F)cc2)C(C)=O)cc1. The zero-order valence-electron chi connectivity index (χ0n) is 20.2. The molecular weight excluding hydrogens is 427 g/mol. The Morgan fingerprint density at radius 1 is 1.03 bits per heavy atom. The normalized spacial score (nSPS) is 18.1. The van der Waals surface area contributed by atoms with E-state index in [1.54, 1.807) is 26.2 Å². The number of amides is 1. The van der Waals surface area contributed by atoms with Crippen molar-refractivity contribution in [2.24, 2.45) is 5.92 Å². The molecule has 1 fully saturated rings. The minimum absolute atomic E-state index is 0.0370. The van der Waals surface area contributed by atoms with Gasteiger partial charge in [0.25, 0.3) is 0 Å². The third kappa shape index (κ3) is 6.03. The van der Waals surface area contributed by atoms with Gasteiger partial charge in [-0.15, -0.1) is 0 Å². The molecule has 1 aliphatic rings. The van der Waals surface area contributed by atoms with E-state index in [2.05, 4.69) is 48.2 Å². The first-order chi connectivity index (χ1) is 16.4. The highest BCUT2D eigenvalue weighted by Gasteiger charge is 2.35. The van der Waals surface area contributed by atoms with Crippen LogP contribution >= 0.6 is 0 Å². The van der Waals surface area contributed by atoms with Crippen LogP contribution in [0.1, 0.15) is 35.1 Å². The number of methoxy groups -OCH3 is 1. The monoisotopic (exact) mass is 460 g/mol. The maximum atomic E-state index is 13.4. The van der Waals surface area contributed by atoms with Gasteiger partial charge in [-0.25, -0.2) is 4.39 Å². The largest absolute Gasteiger partial charge is 0.497 e. The molecule has 4 nitrogen and oxygen atoms in total. The molecular formula is C29H33FN2O2. The summed E-state index contributed by atoms with van der Waals surface area (Å²) >= 11 is 0. The number of benzene rings is 3. The fraction of sp³-hybridized carbons (Fsp3) is 0.345. The molecule has 0 unspecified atom stereocenters. The van der Waals surface area contributed by atoms with Gasteiger partial charge in [-0.1, -0.05) is 54.1 Å². The Morgan fingerprint density at radius 2 is 1.76 bits per heavy atom. The minimum Gasteiger partial charge on any atom is -0.497 e. The van der Waals surface area contributed by atoms with E-state index in [1.165, 1.54) is 28.8 Å². The zero-order valence-corrected chi connectivity index (χ0v) is 20.2. The maximum Gasteiger partial charge on any atom is 0.219 e. The van der Waals surface area contributed by atoms with E-state index in [9.17, 15) is 9.18 Å². The fourth-order valence-corrected chi connectivity index (χ4v) is 4.97. The summed E-state index contributed by atoms with van der Waals surface area (Å²) < 4.78 is 18.7. The van der Waals surface area contributed by atoms with Crippen molar-refractivity contribution in [2.45, 2.75) is 32.9 Å². The second kappa shape index (κ2) is 10.8. The highest BCUT2D eigenvalue weighted by molar-refractivity contribution is 5.73. The van der Waals surface area contributed by atoms with Crippen molar-refractivity contribution < 1.29 is 13.9 Å². The first-order valence-electron chi connectivity index (χ1n) is 11.8. The first-order valence-corrected chi connectivity index (χ1v) is 11.8. The topological polar surface area (TPSA) is 32.8 Å². The van der Waals surface area contributed by atoms with Gasteiger partial charge in [0.1, 0.15) is 11.6 Å². The summed E-state index contributed by atoms with van der Waals surface area (Å²) in [6.07, 6.45) is 0. The minimum atomic E-state index is -0.264. The molecule has 34 heavy (non-hydrogen) atoms. The molecule has 1 saturated heterocycles. The lowest BCUT2D eigenvalue weighted by atomic mass is 9.88. The van der Waals surface area contributed by atoms with Crippen molar-refractivity contribution in [3.05, 3.63) is 101 Å². The van der Waals surface area contributed by atoms with Gasteiger partial charge in [-0.2, -0.15) is 0 Å². The van der Waals surface area contributed by atoms with Gasteiger partial charge in [0.05, 0.1) is 7.11 Å². The molecule has 5 heteroatoms. The zero-order chi connectivity index (χ0) is 24.1. The number of halogens is 1. The Labute approximate surface area is 202 Å². The smallest absolute Gasteiger partial charge is 0.219 e. The van der Waals surface area contributed by atoms with Gasteiger partial charge < -0.3 is 9.64 Å². The number of ether oxygens (including phenoxy) is 1. The van der Waals surface area contributed by atoms with Gasteiger partial charge in [0.2, 0.25) is 5.91 Å². The molecule has 1 aliphatic heterocycles. The van der Waals surface area contributed by atoms with Crippen molar-refractivity contribution in [1.29, 1.82) is 0 Å². The Kier molecular flexibility index (Phi) is 7.63. The van der Waals surface area contributed by atoms with Crippen LogP contribution in [-0.2, 0) is 17.9 Å². The number of aryl methyl sites for hydroxylation is 1. The van der Waals surface area contributed by atoms with Gasteiger partial charge in [0, 0.05) is 45.6 Å². The number of hydrogen-bond acceptors (Lipinski definition) is 3. The molecule has 0 N–H and O–H groups in total. The molecule has 3 aromatic rings. The highest BCUT2D eigenvalue weighted by atomic mass is 19.1. The van der Waals surface area contributed by atoms with Crippen molar-refractivity contribution >= 4 is 5.91 Å². The second-order valence-corrected chi connectivity index (χ2v) is 9.35. The van der Waals surface area contributed by atoms with Crippen molar-refractivity contribution in [3.8, 4) is 5.75 Å². The van der Waals surface area contributed by atoms with E-state index < -0.39 is 0 Å². The van der Waals surface area contributed by atoms with E-state index >= 15 is 0 Å².